The van der Waals surface area contributed by atoms with Gasteiger partial charge >= 0.3 is 0 Å². The Hall–Kier alpha value is -1.26. The molecule has 112 valence electrons. The molecule has 0 bridgehead atoms. The van der Waals surface area contributed by atoms with Crippen molar-refractivity contribution < 1.29 is 4.79 Å². The molecule has 1 aromatic carbocycles. The summed E-state index contributed by atoms with van der Waals surface area (Å²) in [6.07, 6.45) is 1.08. The number of halogens is 1. The lowest BCUT2D eigenvalue weighted by Crippen LogP contribution is -2.39. The predicted octanol–water partition coefficient (Wildman–Crippen LogP) is 2.54. The Morgan fingerprint density at radius 2 is 2.15 bits per heavy atom. The zero-order valence-corrected chi connectivity index (χ0v) is 13.2. The van der Waals surface area contributed by atoms with E-state index in [-0.39, 0.29) is 18.5 Å². The van der Waals surface area contributed by atoms with Crippen LogP contribution in [0.15, 0.2) is 18.2 Å². The Morgan fingerprint density at radius 3 is 2.70 bits per heavy atom. The first-order valence-corrected chi connectivity index (χ1v) is 7.37. The number of benzene rings is 1. The second-order valence-electron chi connectivity index (χ2n) is 5.14. The number of rotatable bonds is 8. The molecule has 0 heterocycles. The average Bonchev–Trinajstić information content (AvgIpc) is 2.37. The first-order chi connectivity index (χ1) is 9.45. The predicted molar refractivity (Wildman–Crippen MR) is 85.1 cm³/mol. The van der Waals surface area contributed by atoms with Crippen molar-refractivity contribution in [3.8, 4) is 0 Å². The number of amides is 1. The molecule has 0 atom stereocenters. The van der Waals surface area contributed by atoms with Crippen molar-refractivity contribution in [3.63, 3.8) is 0 Å². The normalized spacial score (nSPS) is 10.8. The van der Waals surface area contributed by atoms with Gasteiger partial charge in [-0.15, -0.1) is 0 Å². The summed E-state index contributed by atoms with van der Waals surface area (Å²) in [6.45, 7) is 8.10. The molecule has 0 unspecified atom stereocenters. The smallest absolute Gasteiger partial charge is 0.236 e. The number of nitrogens with two attached hydrogens (primary N) is 1. The molecule has 1 aromatic rings. The van der Waals surface area contributed by atoms with E-state index >= 15 is 0 Å². The van der Waals surface area contributed by atoms with Crippen LogP contribution in [0.4, 0.5) is 5.69 Å². The Bertz CT molecular complexity index is 449. The van der Waals surface area contributed by atoms with Gasteiger partial charge in [0.05, 0.1) is 6.54 Å². The fourth-order valence-corrected chi connectivity index (χ4v) is 2.23. The highest BCUT2D eigenvalue weighted by Gasteiger charge is 2.16. The van der Waals surface area contributed by atoms with Crippen LogP contribution in [0.25, 0.3) is 0 Å². The van der Waals surface area contributed by atoms with Crippen molar-refractivity contribution in [1.29, 1.82) is 0 Å². The highest BCUT2D eigenvalue weighted by atomic mass is 35.5. The van der Waals surface area contributed by atoms with Crippen molar-refractivity contribution in [2.75, 3.05) is 18.0 Å². The van der Waals surface area contributed by atoms with E-state index in [0.29, 0.717) is 5.02 Å². The van der Waals surface area contributed by atoms with Crippen LogP contribution in [0.5, 0.6) is 0 Å². The summed E-state index contributed by atoms with van der Waals surface area (Å²) < 4.78 is 0. The molecule has 0 aliphatic rings. The minimum absolute atomic E-state index is 0.172. The minimum Gasteiger partial charge on any atom is -0.368 e. The van der Waals surface area contributed by atoms with E-state index in [0.717, 1.165) is 30.8 Å². The van der Waals surface area contributed by atoms with E-state index < -0.39 is 0 Å². The van der Waals surface area contributed by atoms with Gasteiger partial charge in [-0.2, -0.15) is 0 Å². The number of nitrogens with zero attached hydrogens (tertiary/aromatic N) is 1. The fraction of sp³-hybridized carbons (Fsp3) is 0.533. The van der Waals surface area contributed by atoms with Gasteiger partial charge in [-0.25, -0.2) is 0 Å². The van der Waals surface area contributed by atoms with Gasteiger partial charge in [-0.3, -0.25) is 4.79 Å². The highest BCUT2D eigenvalue weighted by Crippen LogP contribution is 2.26. The molecule has 1 rings (SSSR count). The zero-order chi connectivity index (χ0) is 15.1. The Morgan fingerprint density at radius 1 is 1.45 bits per heavy atom. The van der Waals surface area contributed by atoms with Crippen molar-refractivity contribution >= 4 is 23.2 Å². The van der Waals surface area contributed by atoms with Crippen LogP contribution < -0.4 is 16.0 Å². The topological polar surface area (TPSA) is 58.4 Å². The lowest BCUT2D eigenvalue weighted by atomic mass is 10.1. The Balaban J connectivity index is 3.03. The molecule has 0 aliphatic heterocycles. The average molecular weight is 298 g/mol. The molecular formula is C15H24ClN3O. The van der Waals surface area contributed by atoms with Gasteiger partial charge in [0.1, 0.15) is 0 Å². The number of carbonyl (C=O) groups is 1. The molecule has 4 nitrogen and oxygen atoms in total. The third-order valence-electron chi connectivity index (χ3n) is 3.05. The molecule has 0 saturated carbocycles. The van der Waals surface area contributed by atoms with Crippen LogP contribution in [0.1, 0.15) is 32.8 Å². The SMILES string of the molecule is CCCNCc1ccc(Cl)cc1N(CC(N)=O)C(C)C. The standard InChI is InChI=1S/C15H24ClN3O/c1-4-7-18-9-12-5-6-13(16)8-14(12)19(11(2)3)10-15(17)20/h5-6,8,11,18H,4,7,9-10H2,1-3H3,(H2,17,20). The Kier molecular flexibility index (Phi) is 6.82. The van der Waals surface area contributed by atoms with E-state index in [9.17, 15) is 4.79 Å². The van der Waals surface area contributed by atoms with Gasteiger partial charge < -0.3 is 16.0 Å². The highest BCUT2D eigenvalue weighted by molar-refractivity contribution is 6.30. The van der Waals surface area contributed by atoms with Gasteiger partial charge in [0.25, 0.3) is 0 Å². The van der Waals surface area contributed by atoms with Gasteiger partial charge in [-0.1, -0.05) is 24.6 Å². The molecule has 0 aliphatic carbocycles. The van der Waals surface area contributed by atoms with Crippen LogP contribution in [0.3, 0.4) is 0 Å². The second-order valence-corrected chi connectivity index (χ2v) is 5.57. The molecule has 3 N–H and O–H groups in total. The molecule has 0 radical (unpaired) electrons. The van der Waals surface area contributed by atoms with E-state index in [1.54, 1.807) is 0 Å². The van der Waals surface area contributed by atoms with E-state index in [4.69, 9.17) is 17.3 Å². The summed E-state index contributed by atoms with van der Waals surface area (Å²) in [6, 6.07) is 5.94. The molecular weight excluding hydrogens is 274 g/mol. The first kappa shape index (κ1) is 16.8. The van der Waals surface area contributed by atoms with Crippen molar-refractivity contribution in [3.05, 3.63) is 28.8 Å². The summed E-state index contributed by atoms with van der Waals surface area (Å²) in [4.78, 5) is 13.3. The maximum absolute atomic E-state index is 11.3. The summed E-state index contributed by atoms with van der Waals surface area (Å²) in [5.74, 6) is -0.342. The number of hydrogen-bond acceptors (Lipinski definition) is 3. The molecule has 0 saturated heterocycles. The van der Waals surface area contributed by atoms with Gasteiger partial charge in [0, 0.05) is 23.3 Å². The summed E-state index contributed by atoms with van der Waals surface area (Å²) in [5.41, 5.74) is 7.44. The number of carbonyl (C=O) groups excluding carboxylic acids is 1. The quantitative estimate of drug-likeness (QED) is 0.725. The van der Waals surface area contributed by atoms with Crippen LogP contribution in [0.2, 0.25) is 5.02 Å². The monoisotopic (exact) mass is 297 g/mol. The fourth-order valence-electron chi connectivity index (χ4n) is 2.07. The Labute approximate surface area is 126 Å². The summed E-state index contributed by atoms with van der Waals surface area (Å²) in [7, 11) is 0. The summed E-state index contributed by atoms with van der Waals surface area (Å²) in [5, 5.41) is 4.03. The maximum atomic E-state index is 11.3. The molecule has 0 fully saturated rings. The second kappa shape index (κ2) is 8.12. The number of anilines is 1. The number of primary amides is 1. The van der Waals surface area contributed by atoms with Gasteiger partial charge in [-0.05, 0) is 44.5 Å². The van der Waals surface area contributed by atoms with Crippen molar-refractivity contribution in [2.24, 2.45) is 5.73 Å². The van der Waals surface area contributed by atoms with Crippen molar-refractivity contribution in [2.45, 2.75) is 39.8 Å². The number of hydrogen-bond donors (Lipinski definition) is 2. The van der Waals surface area contributed by atoms with E-state index in [1.807, 2.05) is 36.9 Å². The molecule has 5 heteroatoms. The maximum Gasteiger partial charge on any atom is 0.236 e. The largest absolute Gasteiger partial charge is 0.368 e. The molecule has 1 amide bonds. The van der Waals surface area contributed by atoms with E-state index in [1.165, 1.54) is 0 Å². The third kappa shape index (κ3) is 5.02. The van der Waals surface area contributed by atoms with Gasteiger partial charge in [0.15, 0.2) is 0 Å². The van der Waals surface area contributed by atoms with Gasteiger partial charge in [0.2, 0.25) is 5.91 Å². The zero-order valence-electron chi connectivity index (χ0n) is 12.4. The van der Waals surface area contributed by atoms with Crippen molar-refractivity contribution in [1.82, 2.24) is 5.32 Å². The molecule has 0 spiro atoms. The van der Waals surface area contributed by atoms with Crippen LogP contribution in [-0.4, -0.2) is 25.0 Å². The van der Waals surface area contributed by atoms with Crippen LogP contribution in [-0.2, 0) is 11.3 Å². The molecule has 20 heavy (non-hydrogen) atoms. The number of nitrogens with one attached hydrogen (secondary N) is 1. The minimum atomic E-state index is -0.342. The lowest BCUT2D eigenvalue weighted by Gasteiger charge is -2.30. The van der Waals surface area contributed by atoms with Crippen LogP contribution >= 0.6 is 11.6 Å². The van der Waals surface area contributed by atoms with E-state index in [2.05, 4.69) is 12.2 Å². The first-order valence-electron chi connectivity index (χ1n) is 6.99. The summed E-state index contributed by atoms with van der Waals surface area (Å²) >= 11 is 6.10. The van der Waals surface area contributed by atoms with Crippen LogP contribution in [0, 0.1) is 0 Å². The third-order valence-corrected chi connectivity index (χ3v) is 3.28. The molecule has 0 aromatic heterocycles. The lowest BCUT2D eigenvalue weighted by molar-refractivity contribution is -0.116.